The van der Waals surface area contributed by atoms with Gasteiger partial charge < -0.3 is 10.2 Å². The predicted molar refractivity (Wildman–Crippen MR) is 49.7 cm³/mol. The van der Waals surface area contributed by atoms with Crippen LogP contribution < -0.4 is 0 Å². The Morgan fingerprint density at radius 3 is 1.50 bits per heavy atom. The lowest BCUT2D eigenvalue weighted by molar-refractivity contribution is -0.241. The average molecular weight is 338 g/mol. The highest BCUT2D eigenvalue weighted by Gasteiger charge is 2.67. The van der Waals surface area contributed by atoms with Gasteiger partial charge in [0, 0.05) is 0 Å². The molecule has 2 N–H and O–H groups in total. The molecule has 12 heteroatoms. The van der Waals surface area contributed by atoms with Gasteiger partial charge in [0.1, 0.15) is 5.56 Å². The molecular weight excluding hydrogens is 336 g/mol. The van der Waals surface area contributed by atoms with Crippen LogP contribution in [0, 0.1) is 23.3 Å². The summed E-state index contributed by atoms with van der Waals surface area (Å²) in [5.74, 6) is -18.2. The van der Waals surface area contributed by atoms with E-state index in [0.717, 1.165) is 0 Å². The molecule has 0 saturated carbocycles. The maximum absolute atomic E-state index is 13.8. The largest absolute Gasteiger partial charge is 0.478 e. The third-order valence-electron chi connectivity index (χ3n) is 2.51. The zero-order valence-corrected chi connectivity index (χ0v) is 9.73. The topological polar surface area (TPSA) is 74.6 Å². The Hall–Kier alpha value is -2.40. The van der Waals surface area contributed by atoms with Crippen molar-refractivity contribution in [1.29, 1.82) is 0 Å². The number of carboxylic acid groups (broad SMARTS) is 2. The maximum Gasteiger partial charge on any atom is 0.438 e. The molecule has 0 aliphatic carbocycles. The van der Waals surface area contributed by atoms with Crippen molar-refractivity contribution in [2.45, 2.75) is 11.8 Å². The van der Waals surface area contributed by atoms with Gasteiger partial charge in [-0.2, -0.15) is 13.2 Å². The Morgan fingerprint density at radius 2 is 1.18 bits per heavy atom. The van der Waals surface area contributed by atoms with Crippen molar-refractivity contribution in [2.75, 3.05) is 0 Å². The van der Waals surface area contributed by atoms with Gasteiger partial charge in [-0.1, -0.05) is 0 Å². The van der Waals surface area contributed by atoms with E-state index in [9.17, 15) is 44.7 Å². The van der Waals surface area contributed by atoms with Crippen LogP contribution in [-0.4, -0.2) is 28.3 Å². The molecule has 0 radical (unpaired) electrons. The molecule has 0 aliphatic rings. The first-order chi connectivity index (χ1) is 9.78. The minimum Gasteiger partial charge on any atom is -0.478 e. The molecule has 0 bridgehead atoms. The molecule has 0 heterocycles. The third-order valence-corrected chi connectivity index (χ3v) is 2.51. The van der Waals surface area contributed by atoms with Gasteiger partial charge in [0.25, 0.3) is 0 Å². The fraction of sp³-hybridized carbons (Fsp3) is 0.200. The molecule has 4 nitrogen and oxygen atoms in total. The highest BCUT2D eigenvalue weighted by molar-refractivity contribution is 5.93. The van der Waals surface area contributed by atoms with Gasteiger partial charge in [-0.3, -0.25) is 0 Å². The number of carbonyl (C=O) groups is 2. The summed E-state index contributed by atoms with van der Waals surface area (Å²) in [5, 5.41) is 16.8. The van der Waals surface area contributed by atoms with Crippen molar-refractivity contribution >= 4 is 11.9 Å². The Balaban J connectivity index is 4.10. The standard InChI is InChI=1S/C10H2F8O4/c11-3-1(7(19)20)2(4(12)6(14)5(3)13)9(15,8(21)22)10(16,17)18/h(H,19,20)(H,21,22). The first kappa shape index (κ1) is 17.7. The van der Waals surface area contributed by atoms with Crippen molar-refractivity contribution in [3.05, 3.63) is 34.4 Å². The number of hydrogen-bond donors (Lipinski definition) is 2. The quantitative estimate of drug-likeness (QED) is 0.505. The molecule has 0 fully saturated rings. The van der Waals surface area contributed by atoms with Gasteiger partial charge in [-0.25, -0.2) is 31.5 Å². The molecule has 122 valence electrons. The Bertz CT molecular complexity index is 668. The summed E-state index contributed by atoms with van der Waals surface area (Å²) in [6.07, 6.45) is -6.50. The number of rotatable bonds is 3. The summed E-state index contributed by atoms with van der Waals surface area (Å²) < 4.78 is 104. The average Bonchev–Trinajstić information content (AvgIpc) is 2.37. The summed E-state index contributed by atoms with van der Waals surface area (Å²) in [4.78, 5) is 21.1. The van der Waals surface area contributed by atoms with Gasteiger partial charge in [0.15, 0.2) is 23.3 Å². The second kappa shape index (κ2) is 5.10. The first-order valence-electron chi connectivity index (χ1n) is 4.87. The molecule has 0 spiro atoms. The fourth-order valence-corrected chi connectivity index (χ4v) is 1.53. The molecule has 0 aliphatic heterocycles. The Morgan fingerprint density at radius 1 is 0.773 bits per heavy atom. The molecule has 1 atom stereocenters. The summed E-state index contributed by atoms with van der Waals surface area (Å²) >= 11 is 0. The molecule has 0 saturated heterocycles. The van der Waals surface area contributed by atoms with E-state index < -0.39 is 58.2 Å². The fourth-order valence-electron chi connectivity index (χ4n) is 1.53. The van der Waals surface area contributed by atoms with E-state index >= 15 is 0 Å². The molecule has 1 aromatic rings. The number of aromatic carboxylic acids is 1. The molecule has 22 heavy (non-hydrogen) atoms. The Labute approximate surface area is 114 Å². The van der Waals surface area contributed by atoms with Gasteiger partial charge in [-0.05, 0) is 0 Å². The van der Waals surface area contributed by atoms with E-state index in [2.05, 4.69) is 0 Å². The van der Waals surface area contributed by atoms with Gasteiger partial charge in [-0.15, -0.1) is 0 Å². The van der Waals surface area contributed by atoms with Crippen LogP contribution in [0.5, 0.6) is 0 Å². The van der Waals surface area contributed by atoms with Crippen molar-refractivity contribution < 1.29 is 54.9 Å². The maximum atomic E-state index is 13.8. The van der Waals surface area contributed by atoms with Crippen LogP contribution in [0.3, 0.4) is 0 Å². The number of benzene rings is 1. The second-order valence-corrected chi connectivity index (χ2v) is 3.77. The lowest BCUT2D eigenvalue weighted by Gasteiger charge is -2.26. The van der Waals surface area contributed by atoms with Crippen molar-refractivity contribution in [2.24, 2.45) is 0 Å². The third kappa shape index (κ3) is 2.23. The molecule has 0 aromatic heterocycles. The lowest BCUT2D eigenvalue weighted by atomic mass is 9.89. The highest BCUT2D eigenvalue weighted by atomic mass is 19.4. The van der Waals surface area contributed by atoms with E-state index in [4.69, 9.17) is 10.2 Å². The molecule has 0 amide bonds. The normalized spacial score (nSPS) is 14.5. The number of aliphatic carboxylic acids is 1. The van der Waals surface area contributed by atoms with E-state index in [-0.39, 0.29) is 0 Å². The van der Waals surface area contributed by atoms with Crippen molar-refractivity contribution in [1.82, 2.24) is 0 Å². The van der Waals surface area contributed by atoms with Crippen LogP contribution in [-0.2, 0) is 10.5 Å². The van der Waals surface area contributed by atoms with Gasteiger partial charge in [0.05, 0.1) is 5.56 Å². The van der Waals surface area contributed by atoms with E-state index in [1.165, 1.54) is 0 Å². The number of hydrogen-bond acceptors (Lipinski definition) is 2. The summed E-state index contributed by atoms with van der Waals surface area (Å²) in [6.45, 7) is 0. The van der Waals surface area contributed by atoms with Crippen LogP contribution in [0.25, 0.3) is 0 Å². The van der Waals surface area contributed by atoms with Crippen molar-refractivity contribution in [3.8, 4) is 0 Å². The van der Waals surface area contributed by atoms with Crippen molar-refractivity contribution in [3.63, 3.8) is 0 Å². The molecule has 1 aromatic carbocycles. The van der Waals surface area contributed by atoms with Crippen LogP contribution >= 0.6 is 0 Å². The first-order valence-corrected chi connectivity index (χ1v) is 4.87. The zero-order chi connectivity index (χ0) is 17.6. The van der Waals surface area contributed by atoms with Gasteiger partial charge >= 0.3 is 23.8 Å². The predicted octanol–water partition coefficient (Wildman–Crippen LogP) is 2.75. The summed E-state index contributed by atoms with van der Waals surface area (Å²) in [5.41, 5.74) is -11.5. The Kier molecular flexibility index (Phi) is 4.09. The molecule has 1 unspecified atom stereocenters. The lowest BCUT2D eigenvalue weighted by Crippen LogP contribution is -2.47. The highest BCUT2D eigenvalue weighted by Crippen LogP contribution is 2.46. The van der Waals surface area contributed by atoms with Crippen LogP contribution in [0.4, 0.5) is 35.1 Å². The van der Waals surface area contributed by atoms with E-state index in [1.807, 2.05) is 0 Å². The van der Waals surface area contributed by atoms with E-state index in [0.29, 0.717) is 0 Å². The molecular formula is C10H2F8O4. The van der Waals surface area contributed by atoms with Gasteiger partial charge in [0.2, 0.25) is 0 Å². The summed E-state index contributed by atoms with van der Waals surface area (Å²) in [6, 6.07) is 0. The number of halogens is 8. The monoisotopic (exact) mass is 338 g/mol. The second-order valence-electron chi connectivity index (χ2n) is 3.77. The smallest absolute Gasteiger partial charge is 0.438 e. The van der Waals surface area contributed by atoms with Crippen LogP contribution in [0.1, 0.15) is 15.9 Å². The van der Waals surface area contributed by atoms with Crippen LogP contribution in [0.15, 0.2) is 0 Å². The van der Waals surface area contributed by atoms with Crippen LogP contribution in [0.2, 0.25) is 0 Å². The summed E-state index contributed by atoms with van der Waals surface area (Å²) in [7, 11) is 0. The molecule has 1 rings (SSSR count). The van der Waals surface area contributed by atoms with E-state index in [1.54, 1.807) is 0 Å². The minimum atomic E-state index is -6.50. The zero-order valence-electron chi connectivity index (χ0n) is 9.73. The SMILES string of the molecule is O=C(O)c1c(F)c(F)c(F)c(F)c1C(F)(C(=O)O)C(F)(F)F. The number of carboxylic acids is 2. The number of alkyl halides is 4. The minimum absolute atomic E-state index is 2.63.